The van der Waals surface area contributed by atoms with Crippen molar-refractivity contribution in [1.82, 2.24) is 0 Å². The molecule has 0 atom stereocenters. The van der Waals surface area contributed by atoms with Crippen molar-refractivity contribution in [1.29, 1.82) is 0 Å². The van der Waals surface area contributed by atoms with Crippen LogP contribution in [-0.2, 0) is 0 Å². The Morgan fingerprint density at radius 3 is 2.07 bits per heavy atom. The molecule has 0 saturated heterocycles. The summed E-state index contributed by atoms with van der Waals surface area (Å²) < 4.78 is 18.4. The van der Waals surface area contributed by atoms with Crippen LogP contribution in [0.5, 0.6) is 17.2 Å². The molecule has 0 fully saturated rings. The fourth-order valence-electron chi connectivity index (χ4n) is 3.16. The molecule has 4 aromatic rings. The SMILES string of the molecule is COc1ccc(-[n+]2cc3cc(OC)c(OC)cc3cc2-c2ccsc2)cc1. The van der Waals surface area contributed by atoms with E-state index in [1.54, 1.807) is 32.7 Å². The fourth-order valence-corrected chi connectivity index (χ4v) is 3.81. The quantitative estimate of drug-likeness (QED) is 0.464. The molecule has 4 nitrogen and oxygen atoms in total. The van der Waals surface area contributed by atoms with Crippen molar-refractivity contribution in [3.63, 3.8) is 0 Å². The van der Waals surface area contributed by atoms with Crippen LogP contribution in [0.25, 0.3) is 27.7 Å². The number of methoxy groups -OCH3 is 3. The molecule has 0 amide bonds. The molecular weight excluding hydrogens is 358 g/mol. The van der Waals surface area contributed by atoms with Crippen LogP contribution in [0.3, 0.4) is 0 Å². The van der Waals surface area contributed by atoms with Gasteiger partial charge in [0.15, 0.2) is 17.7 Å². The van der Waals surface area contributed by atoms with Crippen molar-refractivity contribution in [2.24, 2.45) is 0 Å². The van der Waals surface area contributed by atoms with Crippen LogP contribution >= 0.6 is 11.3 Å². The van der Waals surface area contributed by atoms with Crippen LogP contribution in [-0.4, -0.2) is 21.3 Å². The van der Waals surface area contributed by atoms with Gasteiger partial charge in [-0.25, -0.2) is 0 Å². The topological polar surface area (TPSA) is 31.6 Å². The first-order valence-electron chi connectivity index (χ1n) is 8.52. The molecule has 0 aliphatic rings. The molecule has 27 heavy (non-hydrogen) atoms. The maximum atomic E-state index is 5.47. The van der Waals surface area contributed by atoms with Gasteiger partial charge in [-0.05, 0) is 41.1 Å². The normalized spacial score (nSPS) is 10.8. The minimum atomic E-state index is 0.717. The lowest BCUT2D eigenvalue weighted by atomic mass is 10.1. The Morgan fingerprint density at radius 1 is 0.778 bits per heavy atom. The summed E-state index contributed by atoms with van der Waals surface area (Å²) in [6, 6.07) is 16.4. The largest absolute Gasteiger partial charge is 0.497 e. The molecule has 0 N–H and O–H groups in total. The highest BCUT2D eigenvalue weighted by Crippen LogP contribution is 2.33. The number of pyridine rings is 1. The van der Waals surface area contributed by atoms with Crippen LogP contribution in [0, 0.1) is 0 Å². The van der Waals surface area contributed by atoms with Crippen molar-refractivity contribution in [3.8, 4) is 34.2 Å². The van der Waals surface area contributed by atoms with E-state index in [-0.39, 0.29) is 0 Å². The minimum absolute atomic E-state index is 0.717. The van der Waals surface area contributed by atoms with E-state index in [0.29, 0.717) is 0 Å². The van der Waals surface area contributed by atoms with Crippen molar-refractivity contribution >= 4 is 22.1 Å². The van der Waals surface area contributed by atoms with E-state index in [9.17, 15) is 0 Å². The van der Waals surface area contributed by atoms with Gasteiger partial charge in [0.2, 0.25) is 11.4 Å². The highest BCUT2D eigenvalue weighted by molar-refractivity contribution is 7.08. The van der Waals surface area contributed by atoms with Gasteiger partial charge in [0.1, 0.15) is 5.75 Å². The summed E-state index contributed by atoms with van der Waals surface area (Å²) in [5, 5.41) is 6.41. The average Bonchev–Trinajstić information content (AvgIpc) is 3.26. The standard InChI is InChI=1S/C22H20NO3S/c1-24-19-6-4-18(5-7-19)23-13-17-12-22(26-3)21(25-2)11-16(17)10-20(23)15-8-9-27-14-15/h4-14H,1-3H3/q+1. The highest BCUT2D eigenvalue weighted by atomic mass is 32.1. The van der Waals surface area contributed by atoms with Gasteiger partial charge < -0.3 is 14.2 Å². The molecule has 2 heterocycles. The zero-order chi connectivity index (χ0) is 18.8. The first kappa shape index (κ1) is 17.4. The Labute approximate surface area is 162 Å². The van der Waals surface area contributed by atoms with Gasteiger partial charge in [0, 0.05) is 23.6 Å². The maximum absolute atomic E-state index is 5.47. The third-order valence-corrected chi connectivity index (χ3v) is 5.26. The summed E-state index contributed by atoms with van der Waals surface area (Å²) >= 11 is 1.69. The number of benzene rings is 2. The Balaban J connectivity index is 1.97. The van der Waals surface area contributed by atoms with E-state index in [1.807, 2.05) is 24.3 Å². The van der Waals surface area contributed by atoms with Gasteiger partial charge >= 0.3 is 0 Å². The second-order valence-electron chi connectivity index (χ2n) is 6.07. The molecule has 0 unspecified atom stereocenters. The first-order valence-corrected chi connectivity index (χ1v) is 9.46. The Hall–Kier alpha value is -3.05. The van der Waals surface area contributed by atoms with Gasteiger partial charge in [-0.15, -0.1) is 0 Å². The summed E-state index contributed by atoms with van der Waals surface area (Å²) in [6.07, 6.45) is 2.13. The molecule has 5 heteroatoms. The van der Waals surface area contributed by atoms with Crippen LogP contribution in [0.2, 0.25) is 0 Å². The molecular formula is C22H20NO3S+. The van der Waals surface area contributed by atoms with Crippen molar-refractivity contribution < 1.29 is 18.8 Å². The summed E-state index contributed by atoms with van der Waals surface area (Å²) in [6.45, 7) is 0. The van der Waals surface area contributed by atoms with E-state index >= 15 is 0 Å². The molecule has 0 spiro atoms. The third-order valence-electron chi connectivity index (χ3n) is 4.58. The molecule has 4 rings (SSSR count). The Morgan fingerprint density at radius 2 is 1.48 bits per heavy atom. The van der Waals surface area contributed by atoms with E-state index < -0.39 is 0 Å². The number of hydrogen-bond acceptors (Lipinski definition) is 4. The molecule has 0 bridgehead atoms. The highest BCUT2D eigenvalue weighted by Gasteiger charge is 2.19. The number of nitrogens with zero attached hydrogens (tertiary/aromatic N) is 1. The molecule has 0 aliphatic carbocycles. The number of ether oxygens (including phenoxy) is 3. The summed E-state index contributed by atoms with van der Waals surface area (Å²) in [7, 11) is 4.99. The Kier molecular flexibility index (Phi) is 4.69. The smallest absolute Gasteiger partial charge is 0.219 e. The lowest BCUT2D eigenvalue weighted by Gasteiger charge is -2.10. The zero-order valence-electron chi connectivity index (χ0n) is 15.4. The molecule has 0 radical (unpaired) electrons. The van der Waals surface area contributed by atoms with Gasteiger partial charge in [0.05, 0.1) is 32.3 Å². The van der Waals surface area contributed by atoms with Crippen molar-refractivity contribution in [3.05, 3.63) is 65.5 Å². The predicted octanol–water partition coefficient (Wildman–Crippen LogP) is 4.87. The zero-order valence-corrected chi connectivity index (χ0v) is 16.2. The van der Waals surface area contributed by atoms with Crippen molar-refractivity contribution in [2.75, 3.05) is 21.3 Å². The van der Waals surface area contributed by atoms with Crippen LogP contribution < -0.4 is 18.8 Å². The number of rotatable bonds is 5. The second-order valence-corrected chi connectivity index (χ2v) is 6.85. The summed E-state index contributed by atoms with van der Waals surface area (Å²) in [5.74, 6) is 2.28. The lowest BCUT2D eigenvalue weighted by molar-refractivity contribution is -0.582. The molecule has 0 aliphatic heterocycles. The lowest BCUT2D eigenvalue weighted by Crippen LogP contribution is -2.32. The molecule has 136 valence electrons. The number of fused-ring (bicyclic) bond motifs is 1. The van der Waals surface area contributed by atoms with E-state index in [1.165, 1.54) is 5.56 Å². The monoisotopic (exact) mass is 378 g/mol. The summed E-state index contributed by atoms with van der Waals surface area (Å²) in [5.41, 5.74) is 3.35. The number of thiophene rings is 1. The summed E-state index contributed by atoms with van der Waals surface area (Å²) in [4.78, 5) is 0. The van der Waals surface area contributed by atoms with Gasteiger partial charge in [0.25, 0.3) is 0 Å². The van der Waals surface area contributed by atoms with Crippen molar-refractivity contribution in [2.45, 2.75) is 0 Å². The third kappa shape index (κ3) is 3.22. The first-order chi connectivity index (χ1) is 13.2. The van der Waals surface area contributed by atoms with E-state index in [4.69, 9.17) is 14.2 Å². The molecule has 2 aromatic carbocycles. The molecule has 2 aromatic heterocycles. The molecule has 0 saturated carbocycles. The van der Waals surface area contributed by atoms with Crippen LogP contribution in [0.15, 0.2) is 65.5 Å². The van der Waals surface area contributed by atoms with Crippen LogP contribution in [0.1, 0.15) is 0 Å². The van der Waals surface area contributed by atoms with E-state index in [2.05, 4.69) is 45.8 Å². The van der Waals surface area contributed by atoms with E-state index in [0.717, 1.165) is 39.4 Å². The van der Waals surface area contributed by atoms with Gasteiger partial charge in [-0.3, -0.25) is 0 Å². The minimum Gasteiger partial charge on any atom is -0.497 e. The Bertz CT molecular complexity index is 1070. The van der Waals surface area contributed by atoms with Gasteiger partial charge in [-0.1, -0.05) is 0 Å². The number of hydrogen-bond donors (Lipinski definition) is 0. The maximum Gasteiger partial charge on any atom is 0.219 e. The van der Waals surface area contributed by atoms with Crippen LogP contribution in [0.4, 0.5) is 0 Å². The predicted molar refractivity (Wildman–Crippen MR) is 108 cm³/mol. The average molecular weight is 378 g/mol. The second kappa shape index (κ2) is 7.29. The fraction of sp³-hybridized carbons (Fsp3) is 0.136. The number of aromatic nitrogens is 1. The van der Waals surface area contributed by atoms with Gasteiger partial charge in [-0.2, -0.15) is 15.9 Å².